The molecule has 2 aromatic carbocycles. The SMILES string of the molecule is O=C(C1=C(O)C(=O)N(Cc2cccnc2)C1c1ccc(Cl)cc1)c1cc2cc(Br)ccc2o1. The molecule has 0 radical (unpaired) electrons. The van der Waals surface area contributed by atoms with E-state index in [0.29, 0.717) is 16.2 Å². The van der Waals surface area contributed by atoms with Crippen LogP contribution in [0.4, 0.5) is 0 Å². The molecule has 8 heteroatoms. The molecule has 3 heterocycles. The van der Waals surface area contributed by atoms with Gasteiger partial charge in [0.25, 0.3) is 5.91 Å². The molecule has 33 heavy (non-hydrogen) atoms. The number of Topliss-reactive ketones (excluding diaryl/α,β-unsaturated/α-hetero) is 1. The number of carbonyl (C=O) groups is 2. The van der Waals surface area contributed by atoms with E-state index in [-0.39, 0.29) is 17.9 Å². The highest BCUT2D eigenvalue weighted by Crippen LogP contribution is 2.40. The molecule has 1 N–H and O–H groups in total. The highest BCUT2D eigenvalue weighted by Gasteiger charge is 2.44. The Balaban J connectivity index is 1.60. The standard InChI is InChI=1S/C25H16BrClN2O4/c26-17-5-8-19-16(10-17)11-20(33-19)23(30)21-22(15-3-6-18(27)7-4-15)29(25(32)24(21)31)13-14-2-1-9-28-12-14/h1-12,22,31H,13H2. The van der Waals surface area contributed by atoms with Crippen LogP contribution in [0.15, 0.2) is 93.3 Å². The lowest BCUT2D eigenvalue weighted by atomic mass is 9.95. The number of ketones is 1. The predicted molar refractivity (Wildman–Crippen MR) is 127 cm³/mol. The number of hydrogen-bond donors (Lipinski definition) is 1. The van der Waals surface area contributed by atoms with Crippen molar-refractivity contribution in [1.82, 2.24) is 9.88 Å². The van der Waals surface area contributed by atoms with E-state index in [0.717, 1.165) is 15.4 Å². The minimum atomic E-state index is -0.817. The van der Waals surface area contributed by atoms with E-state index in [9.17, 15) is 14.7 Å². The lowest BCUT2D eigenvalue weighted by molar-refractivity contribution is -0.130. The third kappa shape index (κ3) is 3.94. The first-order valence-electron chi connectivity index (χ1n) is 10.0. The predicted octanol–water partition coefficient (Wildman–Crippen LogP) is 6.02. The maximum absolute atomic E-state index is 13.6. The number of nitrogens with zero attached hydrogens (tertiary/aromatic N) is 2. The van der Waals surface area contributed by atoms with Gasteiger partial charge in [0.1, 0.15) is 5.58 Å². The van der Waals surface area contributed by atoms with Crippen LogP contribution in [0.2, 0.25) is 5.02 Å². The first-order valence-corrected chi connectivity index (χ1v) is 11.2. The van der Waals surface area contributed by atoms with Crippen LogP contribution in [-0.4, -0.2) is 26.7 Å². The number of rotatable bonds is 5. The highest BCUT2D eigenvalue weighted by atomic mass is 79.9. The van der Waals surface area contributed by atoms with E-state index < -0.39 is 23.5 Å². The van der Waals surface area contributed by atoms with Crippen molar-refractivity contribution in [3.05, 3.63) is 111 Å². The van der Waals surface area contributed by atoms with E-state index in [1.807, 2.05) is 18.2 Å². The Labute approximate surface area is 202 Å². The number of hydrogen-bond acceptors (Lipinski definition) is 5. The van der Waals surface area contributed by atoms with E-state index in [1.165, 1.54) is 4.90 Å². The second kappa shape index (κ2) is 8.50. The zero-order valence-corrected chi connectivity index (χ0v) is 19.4. The fourth-order valence-corrected chi connectivity index (χ4v) is 4.49. The molecule has 0 aliphatic carbocycles. The molecule has 0 bridgehead atoms. The Morgan fingerprint density at radius 1 is 1.15 bits per heavy atom. The van der Waals surface area contributed by atoms with E-state index in [4.69, 9.17) is 16.0 Å². The van der Waals surface area contributed by atoms with E-state index in [1.54, 1.807) is 54.9 Å². The lowest BCUT2D eigenvalue weighted by Crippen LogP contribution is -2.30. The van der Waals surface area contributed by atoms with Gasteiger partial charge in [0, 0.05) is 33.8 Å². The molecule has 1 aliphatic rings. The smallest absolute Gasteiger partial charge is 0.290 e. The zero-order chi connectivity index (χ0) is 23.1. The maximum atomic E-state index is 13.6. The molecular formula is C25H16BrClN2O4. The maximum Gasteiger partial charge on any atom is 0.290 e. The van der Waals surface area contributed by atoms with Gasteiger partial charge < -0.3 is 14.4 Å². The summed E-state index contributed by atoms with van der Waals surface area (Å²) in [6, 6.07) is 16.6. The first kappa shape index (κ1) is 21.4. The van der Waals surface area contributed by atoms with Gasteiger partial charge in [-0.15, -0.1) is 0 Å². The number of furan rings is 1. The summed E-state index contributed by atoms with van der Waals surface area (Å²) >= 11 is 9.46. The van der Waals surface area contributed by atoms with Crippen LogP contribution < -0.4 is 0 Å². The minimum Gasteiger partial charge on any atom is -0.503 e. The summed E-state index contributed by atoms with van der Waals surface area (Å²) < 4.78 is 6.60. The fraction of sp³-hybridized carbons (Fsp3) is 0.0800. The average molecular weight is 524 g/mol. The summed E-state index contributed by atoms with van der Waals surface area (Å²) in [7, 11) is 0. The molecule has 1 atom stereocenters. The fourth-order valence-electron chi connectivity index (χ4n) is 3.99. The van der Waals surface area contributed by atoms with Crippen molar-refractivity contribution in [1.29, 1.82) is 0 Å². The summed E-state index contributed by atoms with van der Waals surface area (Å²) in [4.78, 5) is 32.2. The summed E-state index contributed by atoms with van der Waals surface area (Å²) in [5.74, 6) is -1.74. The van der Waals surface area contributed by atoms with Crippen molar-refractivity contribution in [2.24, 2.45) is 0 Å². The Morgan fingerprint density at radius 3 is 2.67 bits per heavy atom. The van der Waals surface area contributed by atoms with E-state index >= 15 is 0 Å². The van der Waals surface area contributed by atoms with Gasteiger partial charge in [-0.3, -0.25) is 14.6 Å². The highest BCUT2D eigenvalue weighted by molar-refractivity contribution is 9.10. The largest absolute Gasteiger partial charge is 0.503 e. The van der Waals surface area contributed by atoms with E-state index in [2.05, 4.69) is 20.9 Å². The molecule has 2 aromatic heterocycles. The van der Waals surface area contributed by atoms with Crippen LogP contribution >= 0.6 is 27.5 Å². The van der Waals surface area contributed by atoms with Gasteiger partial charge in [0.05, 0.1) is 11.6 Å². The Morgan fingerprint density at radius 2 is 1.94 bits per heavy atom. The number of aliphatic hydroxyl groups is 1. The summed E-state index contributed by atoms with van der Waals surface area (Å²) in [5, 5.41) is 12.1. The molecule has 1 amide bonds. The molecule has 0 saturated heterocycles. The molecule has 1 unspecified atom stereocenters. The van der Waals surface area contributed by atoms with Crippen molar-refractivity contribution in [3.63, 3.8) is 0 Å². The van der Waals surface area contributed by atoms with Crippen molar-refractivity contribution < 1.29 is 19.1 Å². The number of fused-ring (bicyclic) bond motifs is 1. The number of amides is 1. The van der Waals surface area contributed by atoms with Crippen molar-refractivity contribution in [2.45, 2.75) is 12.6 Å². The number of benzene rings is 2. The zero-order valence-electron chi connectivity index (χ0n) is 17.0. The summed E-state index contributed by atoms with van der Waals surface area (Å²) in [6.07, 6.45) is 3.27. The van der Waals surface area contributed by atoms with Gasteiger partial charge in [0.15, 0.2) is 11.5 Å². The lowest BCUT2D eigenvalue weighted by Gasteiger charge is -2.26. The third-order valence-electron chi connectivity index (χ3n) is 5.51. The molecule has 0 spiro atoms. The molecule has 6 nitrogen and oxygen atoms in total. The Hall–Kier alpha value is -3.42. The molecule has 164 valence electrons. The summed E-state index contributed by atoms with van der Waals surface area (Å²) in [5.41, 5.74) is 1.90. The number of pyridine rings is 1. The van der Waals surface area contributed by atoms with Gasteiger partial charge in [-0.25, -0.2) is 0 Å². The first-order chi connectivity index (χ1) is 15.9. The van der Waals surface area contributed by atoms with Gasteiger partial charge in [0.2, 0.25) is 5.78 Å². The number of halogens is 2. The van der Waals surface area contributed by atoms with Crippen LogP contribution in [0, 0.1) is 0 Å². The molecular weight excluding hydrogens is 508 g/mol. The second-order valence-electron chi connectivity index (χ2n) is 7.63. The number of aromatic nitrogens is 1. The van der Waals surface area contributed by atoms with Crippen molar-refractivity contribution in [3.8, 4) is 0 Å². The Kier molecular flexibility index (Phi) is 5.52. The third-order valence-corrected chi connectivity index (χ3v) is 6.26. The van der Waals surface area contributed by atoms with Gasteiger partial charge in [-0.05, 0) is 53.6 Å². The number of carbonyl (C=O) groups excluding carboxylic acids is 2. The quantitative estimate of drug-likeness (QED) is 0.323. The van der Waals surface area contributed by atoms with Crippen LogP contribution in [0.25, 0.3) is 11.0 Å². The van der Waals surface area contributed by atoms with Crippen LogP contribution in [0.3, 0.4) is 0 Å². The Bertz CT molecular complexity index is 1410. The molecule has 1 aliphatic heterocycles. The molecule has 5 rings (SSSR count). The average Bonchev–Trinajstić information content (AvgIpc) is 3.34. The molecule has 0 fully saturated rings. The van der Waals surface area contributed by atoms with Gasteiger partial charge >= 0.3 is 0 Å². The van der Waals surface area contributed by atoms with Crippen LogP contribution in [0.5, 0.6) is 0 Å². The van der Waals surface area contributed by atoms with Crippen LogP contribution in [0.1, 0.15) is 27.7 Å². The van der Waals surface area contributed by atoms with Crippen molar-refractivity contribution in [2.75, 3.05) is 0 Å². The monoisotopic (exact) mass is 522 g/mol. The molecule has 0 saturated carbocycles. The normalized spacial score (nSPS) is 16.1. The number of aliphatic hydroxyl groups excluding tert-OH is 1. The topological polar surface area (TPSA) is 83.6 Å². The minimum absolute atomic E-state index is 0.0377. The molecule has 4 aromatic rings. The van der Waals surface area contributed by atoms with Crippen molar-refractivity contribution >= 4 is 50.2 Å². The van der Waals surface area contributed by atoms with Crippen LogP contribution in [-0.2, 0) is 11.3 Å². The second-order valence-corrected chi connectivity index (χ2v) is 8.98. The van der Waals surface area contributed by atoms with Gasteiger partial charge in [-0.1, -0.05) is 45.7 Å². The summed E-state index contributed by atoms with van der Waals surface area (Å²) in [6.45, 7) is 0.161. The van der Waals surface area contributed by atoms with Gasteiger partial charge in [-0.2, -0.15) is 0 Å².